The fourth-order valence-electron chi connectivity index (χ4n) is 1.64. The molecule has 0 spiro atoms. The molecule has 0 fully saturated rings. The lowest BCUT2D eigenvalue weighted by molar-refractivity contribution is 0.0520. The SMILES string of the molecule is CCOC(=O)c1csc(C#CCNC(=O)OCc2ccccc2)n1. The minimum Gasteiger partial charge on any atom is -0.461 e. The molecule has 1 aromatic heterocycles. The number of ether oxygens (including phenoxy) is 2. The summed E-state index contributed by atoms with van der Waals surface area (Å²) in [5.41, 5.74) is 1.15. The smallest absolute Gasteiger partial charge is 0.408 e. The van der Waals surface area contributed by atoms with Crippen molar-refractivity contribution in [2.45, 2.75) is 13.5 Å². The molecule has 1 N–H and O–H groups in total. The van der Waals surface area contributed by atoms with E-state index >= 15 is 0 Å². The predicted molar refractivity (Wildman–Crippen MR) is 89.6 cm³/mol. The summed E-state index contributed by atoms with van der Waals surface area (Å²) in [6.45, 7) is 2.36. The number of nitrogens with zero attached hydrogens (tertiary/aromatic N) is 1. The maximum Gasteiger partial charge on any atom is 0.408 e. The van der Waals surface area contributed by atoms with Crippen molar-refractivity contribution in [2.75, 3.05) is 13.2 Å². The van der Waals surface area contributed by atoms with Gasteiger partial charge in [-0.15, -0.1) is 11.3 Å². The fourth-order valence-corrected chi connectivity index (χ4v) is 2.29. The second kappa shape index (κ2) is 9.33. The summed E-state index contributed by atoms with van der Waals surface area (Å²) in [5.74, 6) is 5.05. The maximum absolute atomic E-state index is 11.5. The first-order valence-corrected chi connectivity index (χ1v) is 8.13. The molecule has 0 aliphatic heterocycles. The van der Waals surface area contributed by atoms with Gasteiger partial charge in [0.2, 0.25) is 0 Å². The van der Waals surface area contributed by atoms with E-state index in [0.29, 0.717) is 11.6 Å². The summed E-state index contributed by atoms with van der Waals surface area (Å²) in [6, 6.07) is 9.39. The Morgan fingerprint density at radius 1 is 1.25 bits per heavy atom. The van der Waals surface area contributed by atoms with E-state index in [-0.39, 0.29) is 18.8 Å². The highest BCUT2D eigenvalue weighted by Crippen LogP contribution is 2.09. The number of nitrogens with one attached hydrogen (secondary N) is 1. The highest BCUT2D eigenvalue weighted by Gasteiger charge is 2.10. The number of hydrogen-bond acceptors (Lipinski definition) is 6. The van der Waals surface area contributed by atoms with Gasteiger partial charge in [-0.3, -0.25) is 0 Å². The molecule has 24 heavy (non-hydrogen) atoms. The number of alkyl carbamates (subject to hydrolysis) is 1. The molecule has 0 saturated carbocycles. The summed E-state index contributed by atoms with van der Waals surface area (Å²) in [5, 5.41) is 4.59. The van der Waals surface area contributed by atoms with Crippen LogP contribution in [0.1, 0.15) is 28.0 Å². The molecule has 1 aromatic carbocycles. The van der Waals surface area contributed by atoms with Crippen molar-refractivity contribution in [1.82, 2.24) is 10.3 Å². The minimum atomic E-state index is -0.542. The number of amides is 1. The van der Waals surface area contributed by atoms with Crippen LogP contribution in [0.25, 0.3) is 0 Å². The fraction of sp³-hybridized carbons (Fsp3) is 0.235. The van der Waals surface area contributed by atoms with E-state index in [1.54, 1.807) is 12.3 Å². The zero-order valence-corrected chi connectivity index (χ0v) is 13.9. The Morgan fingerprint density at radius 2 is 2.04 bits per heavy atom. The maximum atomic E-state index is 11.5. The molecule has 2 rings (SSSR count). The molecule has 7 heteroatoms. The van der Waals surface area contributed by atoms with Crippen LogP contribution in [0.3, 0.4) is 0 Å². The molecule has 0 radical (unpaired) electrons. The van der Waals surface area contributed by atoms with E-state index in [4.69, 9.17) is 9.47 Å². The van der Waals surface area contributed by atoms with E-state index in [0.717, 1.165) is 5.56 Å². The first-order valence-electron chi connectivity index (χ1n) is 7.25. The van der Waals surface area contributed by atoms with Gasteiger partial charge in [0.15, 0.2) is 10.7 Å². The van der Waals surface area contributed by atoms with Crippen molar-refractivity contribution < 1.29 is 19.1 Å². The second-order valence-corrected chi connectivity index (χ2v) is 5.33. The Balaban J connectivity index is 1.73. The lowest BCUT2D eigenvalue weighted by Gasteiger charge is -2.04. The molecular weight excluding hydrogens is 328 g/mol. The van der Waals surface area contributed by atoms with Gasteiger partial charge in [0.25, 0.3) is 0 Å². The molecular formula is C17H16N2O4S. The standard InChI is InChI=1S/C17H16N2O4S/c1-2-22-16(20)14-12-24-15(19-14)9-6-10-18-17(21)23-11-13-7-4-3-5-8-13/h3-5,7-8,12H,2,10-11H2,1H3,(H,18,21). The van der Waals surface area contributed by atoms with E-state index in [9.17, 15) is 9.59 Å². The number of carbonyl (C=O) groups is 2. The van der Waals surface area contributed by atoms with Crippen molar-refractivity contribution in [1.29, 1.82) is 0 Å². The summed E-state index contributed by atoms with van der Waals surface area (Å²) in [6.07, 6.45) is -0.542. The summed E-state index contributed by atoms with van der Waals surface area (Å²) >= 11 is 1.24. The van der Waals surface area contributed by atoms with Gasteiger partial charge < -0.3 is 14.8 Å². The Labute approximate surface area is 143 Å². The normalized spacial score (nSPS) is 9.54. The van der Waals surface area contributed by atoms with Crippen molar-refractivity contribution in [3.8, 4) is 11.8 Å². The lowest BCUT2D eigenvalue weighted by Crippen LogP contribution is -2.24. The average molecular weight is 344 g/mol. The van der Waals surface area contributed by atoms with Gasteiger partial charge in [-0.1, -0.05) is 36.3 Å². The average Bonchev–Trinajstić information content (AvgIpc) is 3.07. The summed E-state index contributed by atoms with van der Waals surface area (Å²) in [7, 11) is 0. The predicted octanol–water partition coefficient (Wildman–Crippen LogP) is 2.60. The lowest BCUT2D eigenvalue weighted by atomic mass is 10.2. The van der Waals surface area contributed by atoms with Crippen LogP contribution in [0, 0.1) is 11.8 Å². The number of hydrogen-bond donors (Lipinski definition) is 1. The van der Waals surface area contributed by atoms with Crippen LogP contribution >= 0.6 is 11.3 Å². The van der Waals surface area contributed by atoms with Crippen molar-refractivity contribution in [2.24, 2.45) is 0 Å². The van der Waals surface area contributed by atoms with Gasteiger partial charge in [-0.05, 0) is 18.4 Å². The zero-order valence-electron chi connectivity index (χ0n) is 13.1. The van der Waals surface area contributed by atoms with Crippen molar-refractivity contribution >= 4 is 23.4 Å². The summed E-state index contributed by atoms with van der Waals surface area (Å²) < 4.78 is 9.90. The number of carbonyl (C=O) groups excluding carboxylic acids is 2. The third-order valence-corrected chi connectivity index (χ3v) is 3.48. The van der Waals surface area contributed by atoms with Gasteiger partial charge >= 0.3 is 12.1 Å². The van der Waals surface area contributed by atoms with Crippen LogP contribution in [-0.2, 0) is 16.1 Å². The molecule has 124 valence electrons. The molecule has 0 bridgehead atoms. The number of aromatic nitrogens is 1. The van der Waals surface area contributed by atoms with Crippen LogP contribution < -0.4 is 5.32 Å². The quantitative estimate of drug-likeness (QED) is 0.666. The minimum absolute atomic E-state index is 0.127. The molecule has 0 aliphatic rings. The number of rotatable bonds is 5. The van der Waals surface area contributed by atoms with Crippen LogP contribution in [0.15, 0.2) is 35.7 Å². The van der Waals surface area contributed by atoms with Gasteiger partial charge in [0, 0.05) is 5.38 Å². The zero-order chi connectivity index (χ0) is 17.2. The Kier molecular flexibility index (Phi) is 6.80. The molecule has 0 saturated heterocycles. The third-order valence-electron chi connectivity index (χ3n) is 2.72. The Morgan fingerprint density at radius 3 is 2.79 bits per heavy atom. The van der Waals surface area contributed by atoms with Crippen LogP contribution in [0.2, 0.25) is 0 Å². The van der Waals surface area contributed by atoms with E-state index in [2.05, 4.69) is 22.1 Å². The van der Waals surface area contributed by atoms with Gasteiger partial charge in [-0.25, -0.2) is 14.6 Å². The number of benzene rings is 1. The largest absolute Gasteiger partial charge is 0.461 e. The van der Waals surface area contributed by atoms with Gasteiger partial charge in [0.05, 0.1) is 13.2 Å². The third kappa shape index (κ3) is 5.74. The topological polar surface area (TPSA) is 77.5 Å². The number of esters is 1. The number of thiazole rings is 1. The van der Waals surface area contributed by atoms with Crippen LogP contribution in [0.4, 0.5) is 4.79 Å². The Hall–Kier alpha value is -2.85. The molecule has 1 amide bonds. The van der Waals surface area contributed by atoms with Crippen molar-refractivity contribution in [3.05, 3.63) is 52.0 Å². The van der Waals surface area contributed by atoms with E-state index in [1.165, 1.54) is 11.3 Å². The monoisotopic (exact) mass is 344 g/mol. The van der Waals surface area contributed by atoms with Crippen LogP contribution in [0.5, 0.6) is 0 Å². The van der Waals surface area contributed by atoms with E-state index in [1.807, 2.05) is 30.3 Å². The van der Waals surface area contributed by atoms with Crippen LogP contribution in [-0.4, -0.2) is 30.2 Å². The molecule has 0 aliphatic carbocycles. The van der Waals surface area contributed by atoms with Gasteiger partial charge in [-0.2, -0.15) is 0 Å². The molecule has 0 unspecified atom stereocenters. The molecule has 6 nitrogen and oxygen atoms in total. The molecule has 2 aromatic rings. The summed E-state index contributed by atoms with van der Waals surface area (Å²) in [4.78, 5) is 27.0. The first kappa shape index (κ1) is 17.5. The second-order valence-electron chi connectivity index (χ2n) is 4.48. The first-order chi connectivity index (χ1) is 11.7. The van der Waals surface area contributed by atoms with E-state index < -0.39 is 12.1 Å². The Bertz CT molecular complexity index is 747. The molecule has 1 heterocycles. The van der Waals surface area contributed by atoms with Crippen molar-refractivity contribution in [3.63, 3.8) is 0 Å². The highest BCUT2D eigenvalue weighted by molar-refractivity contribution is 7.10. The highest BCUT2D eigenvalue weighted by atomic mass is 32.1. The molecule has 0 atom stereocenters. The van der Waals surface area contributed by atoms with Gasteiger partial charge in [0.1, 0.15) is 6.61 Å².